The minimum atomic E-state index is -4.72. The van der Waals surface area contributed by atoms with Crippen LogP contribution < -0.4 is 14.9 Å². The van der Waals surface area contributed by atoms with Crippen molar-refractivity contribution in [3.8, 4) is 17.2 Å². The monoisotopic (exact) mass is 513 g/mol. The summed E-state index contributed by atoms with van der Waals surface area (Å²) < 4.78 is 54.9. The summed E-state index contributed by atoms with van der Waals surface area (Å²) >= 11 is 0. The molecule has 4 aromatic rings. The Morgan fingerprint density at radius 3 is 2.49 bits per heavy atom. The van der Waals surface area contributed by atoms with Crippen LogP contribution in [0.4, 0.5) is 18.9 Å². The van der Waals surface area contributed by atoms with Gasteiger partial charge in [-0.25, -0.2) is 5.43 Å². The largest absolute Gasteiger partial charge is 0.494 e. The summed E-state index contributed by atoms with van der Waals surface area (Å²) in [6.07, 6.45) is -3.38. The van der Waals surface area contributed by atoms with Crippen molar-refractivity contribution < 1.29 is 36.8 Å². The van der Waals surface area contributed by atoms with E-state index in [9.17, 15) is 28.1 Å². The summed E-state index contributed by atoms with van der Waals surface area (Å²) in [5, 5.41) is 15.8. The number of fused-ring (bicyclic) bond motifs is 1. The number of amides is 1. The number of nitrogens with one attached hydrogen (secondary N) is 1. The lowest BCUT2D eigenvalue weighted by Gasteiger charge is -2.10. The number of nitro groups is 1. The molecule has 0 aliphatic rings. The number of hydrogen-bond donors (Lipinski definition) is 1. The Morgan fingerprint density at radius 1 is 1.08 bits per heavy atom. The molecule has 190 valence electrons. The molecule has 0 atom stereocenters. The van der Waals surface area contributed by atoms with Gasteiger partial charge in [-0.3, -0.25) is 14.9 Å². The Bertz CT molecular complexity index is 1480. The number of benzene rings is 3. The summed E-state index contributed by atoms with van der Waals surface area (Å²) in [5.74, 6) is -0.0487. The zero-order valence-corrected chi connectivity index (χ0v) is 19.1. The van der Waals surface area contributed by atoms with Crippen LogP contribution in [0.25, 0.3) is 11.0 Å². The minimum Gasteiger partial charge on any atom is -0.494 e. The lowest BCUT2D eigenvalue weighted by Crippen LogP contribution is -2.16. The van der Waals surface area contributed by atoms with E-state index >= 15 is 0 Å². The molecule has 0 aliphatic carbocycles. The highest BCUT2D eigenvalue weighted by Gasteiger charge is 2.33. The Balaban J connectivity index is 1.40. The number of nitrogens with zero attached hydrogens (tertiary/aromatic N) is 2. The molecular weight excluding hydrogens is 495 g/mol. The lowest BCUT2D eigenvalue weighted by atomic mass is 10.2. The predicted molar refractivity (Wildman–Crippen MR) is 127 cm³/mol. The highest BCUT2D eigenvalue weighted by molar-refractivity contribution is 5.96. The van der Waals surface area contributed by atoms with Crippen LogP contribution in [0.5, 0.6) is 17.2 Å². The van der Waals surface area contributed by atoms with Gasteiger partial charge in [0.2, 0.25) is 5.75 Å². The second-order valence-corrected chi connectivity index (χ2v) is 7.55. The summed E-state index contributed by atoms with van der Waals surface area (Å²) in [5.41, 5.74) is 1.43. The van der Waals surface area contributed by atoms with Crippen LogP contribution in [0.15, 0.2) is 76.2 Å². The van der Waals surface area contributed by atoms with Crippen LogP contribution in [0, 0.1) is 10.1 Å². The van der Waals surface area contributed by atoms with E-state index in [2.05, 4.69) is 10.5 Å². The first kappa shape index (κ1) is 25.2. The number of nitro benzene ring substituents is 1. The van der Waals surface area contributed by atoms with Gasteiger partial charge in [0.25, 0.3) is 0 Å². The predicted octanol–water partition coefficient (Wildman–Crippen LogP) is 6.31. The maximum atomic E-state index is 12.9. The topological polar surface area (TPSA) is 116 Å². The van der Waals surface area contributed by atoms with Gasteiger partial charge in [-0.05, 0) is 73.2 Å². The van der Waals surface area contributed by atoms with Crippen LogP contribution in [0.1, 0.15) is 28.6 Å². The number of hydrazone groups is 1. The van der Waals surface area contributed by atoms with Crippen molar-refractivity contribution in [1.29, 1.82) is 0 Å². The van der Waals surface area contributed by atoms with Crippen molar-refractivity contribution in [3.63, 3.8) is 0 Å². The lowest BCUT2D eigenvalue weighted by molar-refractivity contribution is -0.385. The fourth-order valence-corrected chi connectivity index (χ4v) is 3.28. The van der Waals surface area contributed by atoms with Gasteiger partial charge in [-0.15, -0.1) is 0 Å². The standard InChI is InChI=1S/C25H18F3N3O6/c1-2-35-19-8-10-21-16(11-19)12-23(37-21)24(32)30-29-14-15-3-6-18(7-4-15)36-22-9-5-17(25(26,27)28)13-20(22)31(33)34/h3-14H,2H2,1H3,(H,30,32)/b29-14+. The second-order valence-electron chi connectivity index (χ2n) is 7.55. The molecule has 0 radical (unpaired) electrons. The van der Waals surface area contributed by atoms with Gasteiger partial charge in [0.1, 0.15) is 17.1 Å². The van der Waals surface area contributed by atoms with E-state index in [1.165, 1.54) is 30.5 Å². The van der Waals surface area contributed by atoms with Gasteiger partial charge >= 0.3 is 17.8 Å². The number of halogens is 3. The molecule has 1 heterocycles. The average Bonchev–Trinajstić information content (AvgIpc) is 3.28. The van der Waals surface area contributed by atoms with Crippen LogP contribution in [-0.2, 0) is 6.18 Å². The van der Waals surface area contributed by atoms with Gasteiger partial charge in [-0.2, -0.15) is 18.3 Å². The SMILES string of the molecule is CCOc1ccc2oc(C(=O)N/N=C/c3ccc(Oc4ccc(C(F)(F)F)cc4[N+](=O)[O-])cc3)cc2c1. The Kier molecular flexibility index (Phi) is 7.09. The molecule has 4 rings (SSSR count). The van der Waals surface area contributed by atoms with Crippen LogP contribution >= 0.6 is 0 Å². The summed E-state index contributed by atoms with van der Waals surface area (Å²) in [4.78, 5) is 22.6. The highest BCUT2D eigenvalue weighted by atomic mass is 19.4. The quantitative estimate of drug-likeness (QED) is 0.168. The van der Waals surface area contributed by atoms with E-state index < -0.39 is 28.3 Å². The van der Waals surface area contributed by atoms with E-state index in [1.807, 2.05) is 6.92 Å². The van der Waals surface area contributed by atoms with Crippen molar-refractivity contribution in [3.05, 3.63) is 93.7 Å². The number of ether oxygens (including phenoxy) is 2. The first-order valence-electron chi connectivity index (χ1n) is 10.8. The maximum Gasteiger partial charge on any atom is 0.416 e. The average molecular weight is 513 g/mol. The van der Waals surface area contributed by atoms with Gasteiger partial charge < -0.3 is 13.9 Å². The van der Waals surface area contributed by atoms with E-state index in [0.29, 0.717) is 41.0 Å². The molecule has 9 nitrogen and oxygen atoms in total. The van der Waals surface area contributed by atoms with E-state index in [1.54, 1.807) is 24.3 Å². The van der Waals surface area contributed by atoms with Crippen molar-refractivity contribution in [1.82, 2.24) is 5.43 Å². The first-order chi connectivity index (χ1) is 17.6. The number of furan rings is 1. The first-order valence-corrected chi connectivity index (χ1v) is 10.8. The molecule has 0 aliphatic heterocycles. The number of rotatable bonds is 8. The molecule has 12 heteroatoms. The smallest absolute Gasteiger partial charge is 0.416 e. The summed E-state index contributed by atoms with van der Waals surface area (Å²) in [7, 11) is 0. The molecule has 0 saturated heterocycles. The molecule has 37 heavy (non-hydrogen) atoms. The van der Waals surface area contributed by atoms with Gasteiger partial charge in [0.15, 0.2) is 5.76 Å². The zero-order chi connectivity index (χ0) is 26.6. The third-order valence-electron chi connectivity index (χ3n) is 4.99. The normalized spacial score (nSPS) is 11.6. The van der Waals surface area contributed by atoms with Crippen molar-refractivity contribution in [2.75, 3.05) is 6.61 Å². The molecule has 1 amide bonds. The van der Waals surface area contributed by atoms with Gasteiger partial charge in [0, 0.05) is 11.5 Å². The van der Waals surface area contributed by atoms with Gasteiger partial charge in [0.05, 0.1) is 23.3 Å². The zero-order valence-electron chi connectivity index (χ0n) is 19.1. The van der Waals surface area contributed by atoms with E-state index in [4.69, 9.17) is 13.9 Å². The molecule has 0 fully saturated rings. The fraction of sp³-hybridized carbons (Fsp3) is 0.120. The number of alkyl halides is 3. The van der Waals surface area contributed by atoms with Crippen molar-refractivity contribution in [2.45, 2.75) is 13.1 Å². The Morgan fingerprint density at radius 2 is 1.81 bits per heavy atom. The molecule has 3 aromatic carbocycles. The maximum absolute atomic E-state index is 12.9. The molecule has 1 aromatic heterocycles. The van der Waals surface area contributed by atoms with E-state index in [0.717, 1.165) is 6.07 Å². The fourth-order valence-electron chi connectivity index (χ4n) is 3.28. The number of carbonyl (C=O) groups excluding carboxylic acids is 1. The van der Waals surface area contributed by atoms with Crippen LogP contribution in [0.2, 0.25) is 0 Å². The molecule has 0 saturated carbocycles. The van der Waals surface area contributed by atoms with Crippen molar-refractivity contribution >= 4 is 28.8 Å². The highest BCUT2D eigenvalue weighted by Crippen LogP contribution is 2.37. The Hall–Kier alpha value is -4.87. The molecule has 0 bridgehead atoms. The molecular formula is C25H18F3N3O6. The Labute approximate surface area is 207 Å². The molecule has 0 spiro atoms. The van der Waals surface area contributed by atoms with Crippen LogP contribution in [-0.4, -0.2) is 23.7 Å². The minimum absolute atomic E-state index is 0.0580. The second kappa shape index (κ2) is 10.4. The molecule has 1 N–H and O–H groups in total. The van der Waals surface area contributed by atoms with Crippen molar-refractivity contribution in [2.24, 2.45) is 5.10 Å². The third-order valence-corrected chi connectivity index (χ3v) is 4.99. The van der Waals surface area contributed by atoms with Crippen LogP contribution in [0.3, 0.4) is 0 Å². The number of hydrogen-bond acceptors (Lipinski definition) is 7. The summed E-state index contributed by atoms with van der Waals surface area (Å²) in [6.45, 7) is 2.37. The van der Waals surface area contributed by atoms with Gasteiger partial charge in [-0.1, -0.05) is 0 Å². The van der Waals surface area contributed by atoms with E-state index in [-0.39, 0.29) is 17.3 Å². The number of carbonyl (C=O) groups is 1. The third kappa shape index (κ3) is 6.04. The molecule has 0 unspecified atom stereocenters. The summed E-state index contributed by atoms with van der Waals surface area (Å²) in [6, 6.07) is 14.7.